The van der Waals surface area contributed by atoms with E-state index in [0.717, 1.165) is 11.1 Å². The van der Waals surface area contributed by atoms with Crippen LogP contribution in [0.15, 0.2) is 61.0 Å². The Bertz CT molecular complexity index is 1100. The van der Waals surface area contributed by atoms with Gasteiger partial charge < -0.3 is 19.9 Å². The predicted molar refractivity (Wildman–Crippen MR) is 142 cm³/mol. The normalized spacial score (nSPS) is 20.1. The molecule has 1 aromatic carbocycles. The van der Waals surface area contributed by atoms with Gasteiger partial charge in [-0.2, -0.15) is 0 Å². The fourth-order valence-electron chi connectivity index (χ4n) is 4.60. The lowest BCUT2D eigenvalue weighted by Crippen LogP contribution is -2.76. The second kappa shape index (κ2) is 12.1. The molecule has 2 heterocycles. The first-order valence-corrected chi connectivity index (χ1v) is 12.7. The summed E-state index contributed by atoms with van der Waals surface area (Å²) < 4.78 is 18.8. The molecule has 2 aliphatic heterocycles. The Labute approximate surface area is 224 Å². The van der Waals surface area contributed by atoms with Gasteiger partial charge in [-0.05, 0) is 50.8 Å². The number of hydrogen-bond acceptors (Lipinski definition) is 5. The molecule has 0 radical (unpaired) electrons. The van der Waals surface area contributed by atoms with Crippen molar-refractivity contribution in [2.75, 3.05) is 26.2 Å². The molecule has 0 bridgehead atoms. The third kappa shape index (κ3) is 6.54. The second-order valence-corrected chi connectivity index (χ2v) is 10.0. The van der Waals surface area contributed by atoms with E-state index >= 15 is 0 Å². The predicted octanol–water partition coefficient (Wildman–Crippen LogP) is 3.62. The minimum Gasteiger partial charge on any atom is -0.497 e. The number of hydrazine groups is 1. The number of allylic oxidation sites excluding steroid dienone is 3. The van der Waals surface area contributed by atoms with Crippen LogP contribution in [0.2, 0.25) is 0 Å². The molecule has 0 spiro atoms. The minimum absolute atomic E-state index is 0.0241. The monoisotopic (exact) mass is 527 g/mol. The number of carbonyl (C=O) groups is 3. The van der Waals surface area contributed by atoms with Crippen LogP contribution in [0, 0.1) is 11.7 Å². The number of ether oxygens (including phenoxy) is 1. The number of nitrogens with one attached hydrogen (secondary N) is 1. The largest absolute Gasteiger partial charge is 0.497 e. The number of halogens is 1. The molecule has 1 aromatic rings. The molecule has 1 unspecified atom stereocenters. The fraction of sp³-hybridized carbons (Fsp3) is 0.464. The van der Waals surface area contributed by atoms with Gasteiger partial charge in [-0.1, -0.05) is 44.4 Å². The minimum atomic E-state index is -0.766. The van der Waals surface area contributed by atoms with Gasteiger partial charge in [0.2, 0.25) is 11.8 Å². The Kier molecular flexibility index (Phi) is 9.19. The van der Waals surface area contributed by atoms with E-state index in [1.54, 1.807) is 35.9 Å². The van der Waals surface area contributed by atoms with Crippen molar-refractivity contribution in [1.82, 2.24) is 25.1 Å². The number of hydrogen-bond donors (Lipinski definition) is 1. The van der Waals surface area contributed by atoms with Gasteiger partial charge in [-0.3, -0.25) is 14.6 Å². The van der Waals surface area contributed by atoms with Crippen molar-refractivity contribution >= 4 is 17.8 Å². The molecule has 2 fully saturated rings. The molecule has 0 aromatic heterocycles. The standard InChI is InChI=1S/C28H38FN5O4/c1-18(2)21(7)14-24-27(36)31(12-13-38-20(5)6)16-25-33(24)26(35)17-32(19(3)4)34(25)28(37)30-15-22-8-10-23(29)11-9-22/h8-11,21,24-25H,1,3,5,12-17H2,2,4,6-7H3,(H,30,37)/t21?,24-,25-/m0/s1. The lowest BCUT2D eigenvalue weighted by molar-refractivity contribution is -0.186. The topological polar surface area (TPSA) is 85.4 Å². The first-order chi connectivity index (χ1) is 17.9. The van der Waals surface area contributed by atoms with Gasteiger partial charge in [-0.15, -0.1) is 0 Å². The number of rotatable bonds is 10. The van der Waals surface area contributed by atoms with Gasteiger partial charge in [0.1, 0.15) is 31.2 Å². The van der Waals surface area contributed by atoms with E-state index in [-0.39, 0.29) is 56.3 Å². The van der Waals surface area contributed by atoms with Gasteiger partial charge in [0.25, 0.3) is 0 Å². The van der Waals surface area contributed by atoms with Crippen LogP contribution in [-0.2, 0) is 20.9 Å². The van der Waals surface area contributed by atoms with Crippen molar-refractivity contribution < 1.29 is 23.5 Å². The lowest BCUT2D eigenvalue weighted by atomic mass is 9.92. The van der Waals surface area contributed by atoms with Gasteiger partial charge in [0.05, 0.1) is 18.8 Å². The van der Waals surface area contributed by atoms with E-state index in [9.17, 15) is 18.8 Å². The summed E-state index contributed by atoms with van der Waals surface area (Å²) in [5.41, 5.74) is 2.13. The Morgan fingerprint density at radius 3 is 2.39 bits per heavy atom. The van der Waals surface area contributed by atoms with Crippen molar-refractivity contribution in [3.63, 3.8) is 0 Å². The zero-order valence-corrected chi connectivity index (χ0v) is 22.7. The molecular weight excluding hydrogens is 489 g/mol. The Morgan fingerprint density at radius 1 is 1.16 bits per heavy atom. The highest BCUT2D eigenvalue weighted by atomic mass is 19.1. The summed E-state index contributed by atoms with van der Waals surface area (Å²) in [6, 6.07) is 4.62. The first-order valence-electron chi connectivity index (χ1n) is 12.7. The maximum Gasteiger partial charge on any atom is 0.338 e. The molecule has 0 saturated carbocycles. The highest BCUT2D eigenvalue weighted by Gasteiger charge is 2.51. The van der Waals surface area contributed by atoms with E-state index in [4.69, 9.17) is 4.74 Å². The molecule has 2 aliphatic rings. The van der Waals surface area contributed by atoms with Crippen LogP contribution in [0.25, 0.3) is 0 Å². The van der Waals surface area contributed by atoms with Crippen molar-refractivity contribution in [3.8, 4) is 0 Å². The van der Waals surface area contributed by atoms with Gasteiger partial charge in [0, 0.05) is 12.2 Å². The SMILES string of the molecule is C=C(C)OCCN1C[C@H]2N(C(=O)CN(C(=C)C)N2C(=O)NCc2ccc(F)cc2)[C@@H](CC(C)C(=C)C)C1=O. The summed E-state index contributed by atoms with van der Waals surface area (Å²) in [6.07, 6.45) is -0.377. The summed E-state index contributed by atoms with van der Waals surface area (Å²) in [5, 5.41) is 5.87. The number of urea groups is 1. The van der Waals surface area contributed by atoms with Crippen molar-refractivity contribution in [3.05, 3.63) is 72.4 Å². The van der Waals surface area contributed by atoms with E-state index in [1.165, 1.54) is 22.0 Å². The average Bonchev–Trinajstić information content (AvgIpc) is 2.85. The molecule has 3 rings (SSSR count). The van der Waals surface area contributed by atoms with E-state index in [0.29, 0.717) is 17.9 Å². The molecule has 3 atom stereocenters. The molecule has 1 N–H and O–H groups in total. The lowest BCUT2D eigenvalue weighted by Gasteiger charge is -2.56. The Balaban J connectivity index is 1.94. The Hall–Kier alpha value is -3.82. The van der Waals surface area contributed by atoms with Crippen LogP contribution in [0.1, 0.15) is 39.7 Å². The van der Waals surface area contributed by atoms with Gasteiger partial charge in [0.15, 0.2) is 0 Å². The van der Waals surface area contributed by atoms with Gasteiger partial charge >= 0.3 is 6.03 Å². The molecular formula is C28H38FN5O4. The second-order valence-electron chi connectivity index (χ2n) is 10.0. The van der Waals surface area contributed by atoms with Crippen molar-refractivity contribution in [2.45, 2.75) is 52.9 Å². The van der Waals surface area contributed by atoms with Crippen LogP contribution in [0.5, 0.6) is 0 Å². The molecule has 2 saturated heterocycles. The van der Waals surface area contributed by atoms with Gasteiger partial charge in [-0.25, -0.2) is 14.2 Å². The number of amides is 4. The van der Waals surface area contributed by atoms with Crippen LogP contribution in [0.4, 0.5) is 9.18 Å². The molecule has 4 amide bonds. The van der Waals surface area contributed by atoms with Crippen molar-refractivity contribution in [2.24, 2.45) is 5.92 Å². The maximum atomic E-state index is 13.6. The van der Waals surface area contributed by atoms with E-state index in [2.05, 4.69) is 25.1 Å². The Morgan fingerprint density at radius 2 is 1.82 bits per heavy atom. The quantitative estimate of drug-likeness (QED) is 0.371. The van der Waals surface area contributed by atoms with Crippen molar-refractivity contribution in [1.29, 1.82) is 0 Å². The first kappa shape index (κ1) is 28.7. The molecule has 206 valence electrons. The number of benzene rings is 1. The van der Waals surface area contributed by atoms with E-state index in [1.807, 2.05) is 13.8 Å². The summed E-state index contributed by atoms with van der Waals surface area (Å²) in [6.45, 7) is 19.7. The summed E-state index contributed by atoms with van der Waals surface area (Å²) in [5.74, 6) is -0.305. The fourth-order valence-corrected chi connectivity index (χ4v) is 4.60. The highest BCUT2D eigenvalue weighted by molar-refractivity contribution is 5.91. The smallest absolute Gasteiger partial charge is 0.338 e. The number of nitrogens with zero attached hydrogens (tertiary/aromatic N) is 4. The maximum absolute atomic E-state index is 13.6. The molecule has 0 aliphatic carbocycles. The molecule has 38 heavy (non-hydrogen) atoms. The third-order valence-corrected chi connectivity index (χ3v) is 6.89. The highest BCUT2D eigenvalue weighted by Crippen LogP contribution is 2.31. The van der Waals surface area contributed by atoms with Crippen LogP contribution in [-0.4, -0.2) is 76.1 Å². The zero-order valence-electron chi connectivity index (χ0n) is 22.7. The van der Waals surface area contributed by atoms with Crippen LogP contribution in [0.3, 0.4) is 0 Å². The zero-order chi connectivity index (χ0) is 28.1. The summed E-state index contributed by atoms with van der Waals surface area (Å²) >= 11 is 0. The number of carbonyl (C=O) groups excluding carboxylic acids is 3. The van der Waals surface area contributed by atoms with Crippen LogP contribution >= 0.6 is 0 Å². The number of piperazine rings is 1. The molecule has 9 nitrogen and oxygen atoms in total. The number of fused-ring (bicyclic) bond motifs is 1. The molecule has 10 heteroatoms. The summed E-state index contributed by atoms with van der Waals surface area (Å²) in [7, 11) is 0. The van der Waals surface area contributed by atoms with Crippen LogP contribution < -0.4 is 5.32 Å². The summed E-state index contributed by atoms with van der Waals surface area (Å²) in [4.78, 5) is 43.9. The van der Waals surface area contributed by atoms with E-state index < -0.39 is 18.2 Å². The average molecular weight is 528 g/mol. The third-order valence-electron chi connectivity index (χ3n) is 6.89.